The van der Waals surface area contributed by atoms with Crippen LogP contribution in [0.15, 0.2) is 29.7 Å². The quantitative estimate of drug-likeness (QED) is 0.904. The third kappa shape index (κ3) is 3.59. The first-order chi connectivity index (χ1) is 8.24. The normalized spacial score (nSPS) is 10.2. The summed E-state index contributed by atoms with van der Waals surface area (Å²) in [4.78, 5) is 23.3. The van der Waals surface area contributed by atoms with Gasteiger partial charge in [0.15, 0.2) is 5.82 Å². The molecular weight excluding hydrogens is 288 g/mol. The molecule has 2 aromatic heterocycles. The van der Waals surface area contributed by atoms with Crippen molar-refractivity contribution in [2.45, 2.75) is 13.0 Å². The molecule has 1 amide bonds. The Hall–Kier alpha value is -1.83. The van der Waals surface area contributed by atoms with Crippen LogP contribution in [-0.2, 0) is 11.3 Å². The molecule has 0 bridgehead atoms. The number of nitrogens with one attached hydrogen (secondary N) is 1. The van der Waals surface area contributed by atoms with Crippen molar-refractivity contribution < 1.29 is 4.79 Å². The summed E-state index contributed by atoms with van der Waals surface area (Å²) in [6.45, 7) is 0.482. The van der Waals surface area contributed by atoms with E-state index in [1.807, 2.05) is 0 Å². The van der Waals surface area contributed by atoms with Gasteiger partial charge in [0, 0.05) is 6.42 Å². The molecule has 1 N–H and O–H groups in total. The van der Waals surface area contributed by atoms with Crippen molar-refractivity contribution in [1.82, 2.24) is 24.7 Å². The summed E-state index contributed by atoms with van der Waals surface area (Å²) in [5.74, 6) is 0.286. The number of aromatic nitrogens is 5. The van der Waals surface area contributed by atoms with Crippen LogP contribution in [0.4, 0.5) is 5.82 Å². The number of nitrogens with zero attached hydrogens (tertiary/aromatic N) is 5. The van der Waals surface area contributed by atoms with Crippen LogP contribution in [0.25, 0.3) is 0 Å². The third-order valence-electron chi connectivity index (χ3n) is 1.92. The highest BCUT2D eigenvalue weighted by atomic mass is 79.9. The summed E-state index contributed by atoms with van der Waals surface area (Å²) in [6.07, 6.45) is 6.30. The molecule has 0 radical (unpaired) electrons. The Morgan fingerprint density at radius 2 is 2.29 bits per heavy atom. The van der Waals surface area contributed by atoms with E-state index in [1.165, 1.54) is 18.7 Å². The number of carbonyl (C=O) groups excluding carboxylic acids is 1. The minimum absolute atomic E-state index is 0.142. The summed E-state index contributed by atoms with van der Waals surface area (Å²) in [6, 6.07) is 0. The molecule has 7 nitrogen and oxygen atoms in total. The maximum atomic E-state index is 11.5. The number of hydrogen-bond acceptors (Lipinski definition) is 5. The largest absolute Gasteiger partial charge is 0.309 e. The van der Waals surface area contributed by atoms with Crippen LogP contribution >= 0.6 is 15.9 Å². The standard InChI is InChI=1S/C9H9BrN6O/c10-7-3-13-8(4-12-7)15-9(17)1-2-16-6-11-5-14-16/h3-6H,1-2H2,(H,13,15,17). The number of carbonyl (C=O) groups is 1. The van der Waals surface area contributed by atoms with Crippen molar-refractivity contribution in [3.05, 3.63) is 29.7 Å². The predicted octanol–water partition coefficient (Wildman–Crippen LogP) is 0.859. The molecule has 0 aliphatic carbocycles. The lowest BCUT2D eigenvalue weighted by molar-refractivity contribution is -0.116. The highest BCUT2D eigenvalue weighted by Gasteiger charge is 2.04. The Morgan fingerprint density at radius 1 is 1.41 bits per heavy atom. The Kier molecular flexibility index (Phi) is 3.76. The fourth-order valence-corrected chi connectivity index (χ4v) is 1.35. The molecule has 88 valence electrons. The van der Waals surface area contributed by atoms with Crippen LogP contribution in [0.3, 0.4) is 0 Å². The van der Waals surface area contributed by atoms with Gasteiger partial charge in [0.05, 0.1) is 18.9 Å². The zero-order valence-electron chi connectivity index (χ0n) is 8.75. The van der Waals surface area contributed by atoms with Gasteiger partial charge in [-0.3, -0.25) is 9.48 Å². The van der Waals surface area contributed by atoms with Gasteiger partial charge in [-0.15, -0.1) is 0 Å². The van der Waals surface area contributed by atoms with Gasteiger partial charge in [0.25, 0.3) is 0 Å². The minimum atomic E-state index is -0.142. The van der Waals surface area contributed by atoms with Crippen LogP contribution in [0, 0.1) is 0 Å². The van der Waals surface area contributed by atoms with E-state index < -0.39 is 0 Å². The molecular formula is C9H9BrN6O. The van der Waals surface area contributed by atoms with E-state index in [4.69, 9.17) is 0 Å². The Morgan fingerprint density at radius 3 is 2.94 bits per heavy atom. The molecule has 0 aliphatic rings. The van der Waals surface area contributed by atoms with Crippen LogP contribution < -0.4 is 5.32 Å². The highest BCUT2D eigenvalue weighted by molar-refractivity contribution is 9.10. The number of amides is 1. The van der Waals surface area contributed by atoms with E-state index in [2.05, 4.69) is 41.3 Å². The first-order valence-corrected chi connectivity index (χ1v) is 5.63. The second kappa shape index (κ2) is 5.48. The highest BCUT2D eigenvalue weighted by Crippen LogP contribution is 2.06. The average molecular weight is 297 g/mol. The molecule has 2 heterocycles. The van der Waals surface area contributed by atoms with E-state index >= 15 is 0 Å². The first-order valence-electron chi connectivity index (χ1n) is 4.84. The smallest absolute Gasteiger partial charge is 0.227 e. The summed E-state index contributed by atoms with van der Waals surface area (Å²) >= 11 is 3.16. The SMILES string of the molecule is O=C(CCn1cncn1)Nc1cnc(Br)cn1. The van der Waals surface area contributed by atoms with E-state index in [0.29, 0.717) is 23.4 Å². The summed E-state index contributed by atoms with van der Waals surface area (Å²) in [5, 5.41) is 6.53. The number of rotatable bonds is 4. The van der Waals surface area contributed by atoms with E-state index in [-0.39, 0.29) is 5.91 Å². The maximum Gasteiger partial charge on any atom is 0.227 e. The molecule has 0 aromatic carbocycles. The van der Waals surface area contributed by atoms with Crippen LogP contribution in [-0.4, -0.2) is 30.6 Å². The van der Waals surface area contributed by atoms with Gasteiger partial charge in [-0.25, -0.2) is 15.0 Å². The summed E-state index contributed by atoms with van der Waals surface area (Å²) < 4.78 is 2.21. The zero-order valence-corrected chi connectivity index (χ0v) is 10.3. The predicted molar refractivity (Wildman–Crippen MR) is 63.0 cm³/mol. The van der Waals surface area contributed by atoms with Gasteiger partial charge in [-0.05, 0) is 15.9 Å². The van der Waals surface area contributed by atoms with E-state index in [9.17, 15) is 4.79 Å². The van der Waals surface area contributed by atoms with Crippen LogP contribution in [0.5, 0.6) is 0 Å². The van der Waals surface area contributed by atoms with Gasteiger partial charge >= 0.3 is 0 Å². The van der Waals surface area contributed by atoms with Crippen molar-refractivity contribution in [3.63, 3.8) is 0 Å². The summed E-state index contributed by atoms with van der Waals surface area (Å²) in [5.41, 5.74) is 0. The number of aryl methyl sites for hydroxylation is 1. The Labute approximate surface area is 105 Å². The van der Waals surface area contributed by atoms with Crippen molar-refractivity contribution in [1.29, 1.82) is 0 Å². The monoisotopic (exact) mass is 296 g/mol. The minimum Gasteiger partial charge on any atom is -0.309 e. The van der Waals surface area contributed by atoms with Crippen LogP contribution in [0.2, 0.25) is 0 Å². The molecule has 17 heavy (non-hydrogen) atoms. The van der Waals surface area contributed by atoms with Gasteiger partial charge in [0.2, 0.25) is 5.91 Å². The second-order valence-electron chi connectivity index (χ2n) is 3.18. The molecule has 8 heteroatoms. The van der Waals surface area contributed by atoms with Crippen molar-refractivity contribution >= 4 is 27.7 Å². The van der Waals surface area contributed by atoms with Gasteiger partial charge in [-0.2, -0.15) is 5.10 Å². The number of hydrogen-bond donors (Lipinski definition) is 1. The van der Waals surface area contributed by atoms with Crippen molar-refractivity contribution in [2.75, 3.05) is 5.32 Å². The maximum absolute atomic E-state index is 11.5. The van der Waals surface area contributed by atoms with Gasteiger partial charge < -0.3 is 5.32 Å². The topological polar surface area (TPSA) is 85.6 Å². The number of anilines is 1. The fraction of sp³-hybridized carbons (Fsp3) is 0.222. The Balaban J connectivity index is 1.83. The molecule has 0 atom stereocenters. The molecule has 0 saturated carbocycles. The fourth-order valence-electron chi connectivity index (χ4n) is 1.15. The van der Waals surface area contributed by atoms with Gasteiger partial charge in [-0.1, -0.05) is 0 Å². The molecule has 0 saturated heterocycles. The molecule has 2 aromatic rings. The van der Waals surface area contributed by atoms with E-state index in [1.54, 1.807) is 11.0 Å². The van der Waals surface area contributed by atoms with Gasteiger partial charge in [0.1, 0.15) is 17.3 Å². The average Bonchev–Trinajstić information content (AvgIpc) is 2.83. The Bertz CT molecular complexity index is 483. The molecule has 0 unspecified atom stereocenters. The molecule has 2 rings (SSSR count). The van der Waals surface area contributed by atoms with E-state index in [0.717, 1.165) is 0 Å². The number of halogens is 1. The molecule has 0 spiro atoms. The second-order valence-corrected chi connectivity index (χ2v) is 3.99. The van der Waals surface area contributed by atoms with Crippen molar-refractivity contribution in [2.24, 2.45) is 0 Å². The summed E-state index contributed by atoms with van der Waals surface area (Å²) in [7, 11) is 0. The lowest BCUT2D eigenvalue weighted by atomic mass is 10.4. The van der Waals surface area contributed by atoms with Crippen LogP contribution in [0.1, 0.15) is 6.42 Å². The zero-order chi connectivity index (χ0) is 12.1. The third-order valence-corrected chi connectivity index (χ3v) is 2.33. The lowest BCUT2D eigenvalue weighted by Crippen LogP contribution is -2.15. The lowest BCUT2D eigenvalue weighted by Gasteiger charge is -2.03. The first kappa shape index (κ1) is 11.6. The van der Waals surface area contributed by atoms with Crippen molar-refractivity contribution in [3.8, 4) is 0 Å². The molecule has 0 fully saturated rings. The molecule has 0 aliphatic heterocycles.